The molecule has 3 aliphatic rings. The number of H-pyrrole nitrogens is 1. The van der Waals surface area contributed by atoms with Gasteiger partial charge in [-0.1, -0.05) is 43.2 Å². The second-order valence-electron chi connectivity index (χ2n) is 14.2. The number of hydrogen-bond acceptors (Lipinski definition) is 7. The molecule has 8 nitrogen and oxygen atoms in total. The average Bonchev–Trinajstić information content (AvgIpc) is 3.46. The van der Waals surface area contributed by atoms with Crippen LogP contribution in [0.15, 0.2) is 66.4 Å². The molecule has 0 bridgehead atoms. The third-order valence-electron chi connectivity index (χ3n) is 10.2. The second kappa shape index (κ2) is 13.5. The molecular weight excluding hydrogens is 667 g/mol. The van der Waals surface area contributed by atoms with Crippen LogP contribution >= 0.6 is 11.6 Å². The first-order valence-corrected chi connectivity index (χ1v) is 17.4. The Bertz CT molecular complexity index is 1910. The van der Waals surface area contributed by atoms with E-state index in [0.717, 1.165) is 62.7 Å². The van der Waals surface area contributed by atoms with Crippen LogP contribution in [0.5, 0.6) is 5.88 Å². The van der Waals surface area contributed by atoms with E-state index >= 15 is 0 Å². The molecule has 4 heterocycles. The predicted molar refractivity (Wildman–Crippen MR) is 191 cm³/mol. The lowest BCUT2D eigenvalue weighted by Gasteiger charge is -2.39. The van der Waals surface area contributed by atoms with Gasteiger partial charge in [0.25, 0.3) is 0 Å². The number of piperazine rings is 1. The van der Waals surface area contributed by atoms with Crippen LogP contribution in [0.4, 0.5) is 30.2 Å². The topological polar surface area (TPSA) is 73.9 Å². The third-order valence-corrected chi connectivity index (χ3v) is 10.5. The molecule has 2 aliphatic heterocycles. The standard InChI is InChI=1S/C38H41ClF3N5O3/c1-37(2)13-10-26(30(22-37)24-4-6-27(39)7-5-24)23-45-16-18-46(19-17-45)28-8-9-29(36(48)49-3)31(21-28)47-15-12-33(38(40,41)42)50-35-32(47)20-25-11-14-43-34(25)44-35/h4-9,11,14,20-21,33H,10,12-13,15-19,22-23H2,1-3H3,(H,43,44). The number of benzene rings is 2. The molecule has 1 fully saturated rings. The van der Waals surface area contributed by atoms with Crippen LogP contribution in [0.1, 0.15) is 55.5 Å². The number of nitrogens with one attached hydrogen (secondary N) is 1. The number of nitrogens with zero attached hydrogens (tertiary/aromatic N) is 4. The molecule has 12 heteroatoms. The molecule has 4 aromatic rings. The molecular formula is C38H41ClF3N5O3. The van der Waals surface area contributed by atoms with Crippen LogP contribution in [0, 0.1) is 5.41 Å². The highest BCUT2D eigenvalue weighted by molar-refractivity contribution is 6.30. The van der Waals surface area contributed by atoms with Gasteiger partial charge in [0.2, 0.25) is 5.88 Å². The minimum Gasteiger partial charge on any atom is -0.465 e. The first-order chi connectivity index (χ1) is 23.9. The molecule has 2 aromatic heterocycles. The van der Waals surface area contributed by atoms with Gasteiger partial charge in [-0.3, -0.25) is 4.90 Å². The molecule has 7 rings (SSSR count). The maximum absolute atomic E-state index is 14.0. The molecule has 1 N–H and O–H groups in total. The van der Waals surface area contributed by atoms with Crippen LogP contribution in [-0.4, -0.2) is 79.5 Å². The number of aromatic nitrogens is 2. The molecule has 1 atom stereocenters. The second-order valence-corrected chi connectivity index (χ2v) is 14.6. The smallest absolute Gasteiger partial charge is 0.425 e. The van der Waals surface area contributed by atoms with E-state index in [9.17, 15) is 18.0 Å². The van der Waals surface area contributed by atoms with E-state index in [-0.39, 0.29) is 29.8 Å². The Hall–Kier alpha value is -4.22. The van der Waals surface area contributed by atoms with Gasteiger partial charge < -0.3 is 24.3 Å². The van der Waals surface area contributed by atoms with Gasteiger partial charge in [-0.15, -0.1) is 0 Å². The SMILES string of the molecule is COC(=O)c1ccc(N2CCN(CC3=C(c4ccc(Cl)cc4)CC(C)(C)CC3)CC2)cc1N1CCC(C(F)(F)F)Oc2nc3[nH]ccc3cc21. The van der Waals surface area contributed by atoms with Gasteiger partial charge in [0.1, 0.15) is 11.3 Å². The number of aromatic amines is 1. The number of halogens is 4. The van der Waals surface area contributed by atoms with Crippen LogP contribution in [0.3, 0.4) is 0 Å². The summed E-state index contributed by atoms with van der Waals surface area (Å²) in [5.74, 6) is -0.723. The van der Waals surface area contributed by atoms with Crippen molar-refractivity contribution < 1.29 is 27.4 Å². The Kier molecular flexibility index (Phi) is 9.23. The van der Waals surface area contributed by atoms with Crippen molar-refractivity contribution in [3.8, 4) is 5.88 Å². The fourth-order valence-corrected chi connectivity index (χ4v) is 7.52. The first-order valence-electron chi connectivity index (χ1n) is 17.0. The molecule has 0 spiro atoms. The van der Waals surface area contributed by atoms with Crippen molar-refractivity contribution in [2.75, 3.05) is 56.2 Å². The summed E-state index contributed by atoms with van der Waals surface area (Å²) in [6, 6.07) is 17.2. The van der Waals surface area contributed by atoms with Crippen molar-refractivity contribution in [2.24, 2.45) is 5.41 Å². The number of rotatable bonds is 6. The summed E-state index contributed by atoms with van der Waals surface area (Å²) in [5, 5.41) is 1.45. The molecule has 0 amide bonds. The van der Waals surface area contributed by atoms with Crippen molar-refractivity contribution in [1.82, 2.24) is 14.9 Å². The van der Waals surface area contributed by atoms with Crippen molar-refractivity contribution in [3.05, 3.63) is 82.5 Å². The highest BCUT2D eigenvalue weighted by atomic mass is 35.5. The third kappa shape index (κ3) is 7.03. The zero-order valence-electron chi connectivity index (χ0n) is 28.4. The van der Waals surface area contributed by atoms with Gasteiger partial charge in [0, 0.05) is 68.0 Å². The number of anilines is 3. The number of carbonyl (C=O) groups excluding carboxylic acids is 1. The van der Waals surface area contributed by atoms with Crippen LogP contribution in [0.25, 0.3) is 16.6 Å². The molecule has 1 saturated heterocycles. The number of alkyl halides is 3. The highest BCUT2D eigenvalue weighted by Crippen LogP contribution is 2.45. The van der Waals surface area contributed by atoms with E-state index in [1.54, 1.807) is 29.3 Å². The Morgan fingerprint density at radius 3 is 2.52 bits per heavy atom. The minimum absolute atomic E-state index is 0.0438. The van der Waals surface area contributed by atoms with Gasteiger partial charge in [0.05, 0.1) is 18.4 Å². The molecule has 2 aromatic carbocycles. The predicted octanol–water partition coefficient (Wildman–Crippen LogP) is 8.64. The summed E-state index contributed by atoms with van der Waals surface area (Å²) in [6.45, 7) is 8.73. The fraction of sp³-hybridized carbons (Fsp3) is 0.421. The summed E-state index contributed by atoms with van der Waals surface area (Å²) >= 11 is 6.21. The zero-order chi connectivity index (χ0) is 35.2. The molecule has 264 valence electrons. The quantitative estimate of drug-likeness (QED) is 0.201. The first kappa shape index (κ1) is 34.2. The lowest BCUT2D eigenvalue weighted by molar-refractivity contribution is -0.195. The van der Waals surface area contributed by atoms with Gasteiger partial charge in [-0.25, -0.2) is 4.79 Å². The normalized spacial score (nSPS) is 20.0. The van der Waals surface area contributed by atoms with E-state index < -0.39 is 18.2 Å². The summed E-state index contributed by atoms with van der Waals surface area (Å²) in [5.41, 5.74) is 6.73. The monoisotopic (exact) mass is 707 g/mol. The van der Waals surface area contributed by atoms with Gasteiger partial charge in [0.15, 0.2) is 6.10 Å². The number of methoxy groups -OCH3 is 1. The van der Waals surface area contributed by atoms with E-state index in [1.165, 1.54) is 23.8 Å². The van der Waals surface area contributed by atoms with Crippen molar-refractivity contribution >= 4 is 51.2 Å². The largest absolute Gasteiger partial charge is 0.465 e. The fourth-order valence-electron chi connectivity index (χ4n) is 7.40. The maximum atomic E-state index is 14.0. The van der Waals surface area contributed by atoms with Crippen molar-refractivity contribution in [1.29, 1.82) is 0 Å². The lowest BCUT2D eigenvalue weighted by atomic mass is 9.72. The van der Waals surface area contributed by atoms with E-state index in [4.69, 9.17) is 21.1 Å². The number of ether oxygens (including phenoxy) is 2. The number of esters is 1. The van der Waals surface area contributed by atoms with E-state index in [2.05, 4.69) is 45.7 Å². The lowest BCUT2D eigenvalue weighted by Crippen LogP contribution is -2.47. The summed E-state index contributed by atoms with van der Waals surface area (Å²) in [7, 11) is 1.30. The van der Waals surface area contributed by atoms with Crippen molar-refractivity contribution in [2.45, 2.75) is 51.8 Å². The van der Waals surface area contributed by atoms with Crippen LogP contribution < -0.4 is 14.5 Å². The maximum Gasteiger partial charge on any atom is 0.425 e. The molecule has 0 radical (unpaired) electrons. The Labute approximate surface area is 294 Å². The van der Waals surface area contributed by atoms with Gasteiger partial charge in [-0.05, 0) is 78.3 Å². The van der Waals surface area contributed by atoms with Crippen LogP contribution in [-0.2, 0) is 4.74 Å². The molecule has 1 unspecified atom stereocenters. The Morgan fingerprint density at radius 1 is 1.04 bits per heavy atom. The zero-order valence-corrected chi connectivity index (χ0v) is 29.2. The van der Waals surface area contributed by atoms with Gasteiger partial charge >= 0.3 is 12.1 Å². The summed E-state index contributed by atoms with van der Waals surface area (Å²) in [6.07, 6.45) is -2.08. The van der Waals surface area contributed by atoms with Gasteiger partial charge in [-0.2, -0.15) is 18.2 Å². The Morgan fingerprint density at radius 2 is 1.80 bits per heavy atom. The van der Waals surface area contributed by atoms with E-state index in [0.29, 0.717) is 22.4 Å². The number of fused-ring (bicyclic) bond motifs is 2. The number of hydrogen-bond donors (Lipinski definition) is 1. The average molecular weight is 708 g/mol. The molecule has 0 saturated carbocycles. The van der Waals surface area contributed by atoms with Crippen molar-refractivity contribution in [3.63, 3.8) is 0 Å². The van der Waals surface area contributed by atoms with E-state index in [1.807, 2.05) is 24.3 Å². The minimum atomic E-state index is -4.59. The number of carbonyl (C=O) groups is 1. The summed E-state index contributed by atoms with van der Waals surface area (Å²) < 4.78 is 52.7. The number of allylic oxidation sites excluding steroid dienone is 1. The Balaban J connectivity index is 1.16. The number of pyridine rings is 1. The molecule has 1 aliphatic carbocycles. The summed E-state index contributed by atoms with van der Waals surface area (Å²) in [4.78, 5) is 26.9. The van der Waals surface area contributed by atoms with Crippen LogP contribution in [0.2, 0.25) is 5.02 Å². The molecule has 50 heavy (non-hydrogen) atoms. The highest BCUT2D eigenvalue weighted by Gasteiger charge is 2.44.